The van der Waals surface area contributed by atoms with Crippen LogP contribution in [0.5, 0.6) is 0 Å². The molecule has 94 valence electrons. The molecular weight excluding hydrogens is 320 g/mol. The summed E-state index contributed by atoms with van der Waals surface area (Å²) in [6.07, 6.45) is 0. The fraction of sp³-hybridized carbons (Fsp3) is 0.333. The minimum Gasteiger partial charge on any atom is -0.543 e. The van der Waals surface area contributed by atoms with Crippen LogP contribution in [0.15, 0.2) is 0 Å². The average Bonchev–Trinajstić information content (AvgIpc) is 2.18. The molecular formula is C6H8N2Na4O8. The van der Waals surface area contributed by atoms with E-state index in [2.05, 4.69) is 0 Å². The van der Waals surface area contributed by atoms with Crippen LogP contribution >= 0.6 is 0 Å². The molecule has 0 heterocycles. The van der Waals surface area contributed by atoms with E-state index in [4.69, 9.17) is 51.1 Å². The summed E-state index contributed by atoms with van der Waals surface area (Å²) < 4.78 is 0. The quantitative estimate of drug-likeness (QED) is 0.342. The molecule has 0 saturated heterocycles. The summed E-state index contributed by atoms with van der Waals surface area (Å²) >= 11 is 0. The van der Waals surface area contributed by atoms with Crippen molar-refractivity contribution in [2.45, 2.75) is 0 Å². The summed E-state index contributed by atoms with van der Waals surface area (Å²) in [5.41, 5.74) is 9.81. The van der Waals surface area contributed by atoms with Crippen LogP contribution in [0.3, 0.4) is 0 Å². The Bertz CT molecular complexity index is 215. The van der Waals surface area contributed by atoms with E-state index in [9.17, 15) is 0 Å². The van der Waals surface area contributed by atoms with Crippen LogP contribution in [0.1, 0.15) is 0 Å². The molecule has 0 saturated carbocycles. The van der Waals surface area contributed by atoms with Gasteiger partial charge in [-0.05, 0) is 0 Å². The number of aliphatic carboxylic acids is 4. The van der Waals surface area contributed by atoms with Crippen molar-refractivity contribution in [1.29, 1.82) is 0 Å². The molecule has 0 radical (unpaired) electrons. The SMILES string of the molecule is NCCN.O=C([O-])C(=O)[O-].O=C([O-])C(=O)[O-].[Na+].[Na+].[Na+].[Na+]. The van der Waals surface area contributed by atoms with Crippen molar-refractivity contribution in [3.8, 4) is 0 Å². The van der Waals surface area contributed by atoms with Crippen LogP contribution in [0, 0.1) is 0 Å². The van der Waals surface area contributed by atoms with Gasteiger partial charge in [-0.1, -0.05) is 0 Å². The van der Waals surface area contributed by atoms with Gasteiger partial charge in [0.25, 0.3) is 0 Å². The minimum atomic E-state index is -2.19. The summed E-state index contributed by atoms with van der Waals surface area (Å²) in [4.78, 5) is 35.7. The molecule has 0 aromatic rings. The van der Waals surface area contributed by atoms with Crippen molar-refractivity contribution < 1.29 is 158 Å². The van der Waals surface area contributed by atoms with E-state index < -0.39 is 23.9 Å². The molecule has 0 amide bonds. The molecule has 0 aliphatic heterocycles. The van der Waals surface area contributed by atoms with Gasteiger partial charge in [-0.15, -0.1) is 0 Å². The van der Waals surface area contributed by atoms with Gasteiger partial charge in [0.1, 0.15) is 0 Å². The molecule has 0 aromatic carbocycles. The van der Waals surface area contributed by atoms with E-state index in [1.807, 2.05) is 0 Å². The Morgan fingerprint density at radius 2 is 0.650 bits per heavy atom. The van der Waals surface area contributed by atoms with E-state index in [0.29, 0.717) is 13.1 Å². The van der Waals surface area contributed by atoms with Crippen LogP contribution in [0.25, 0.3) is 0 Å². The summed E-state index contributed by atoms with van der Waals surface area (Å²) in [5.74, 6) is -8.74. The van der Waals surface area contributed by atoms with Gasteiger partial charge in [0.2, 0.25) is 0 Å². The third kappa shape index (κ3) is 60.0. The standard InChI is InChI=1S/C2H8N2.2C2H2O4.4Na/c3-1-2-4;2*3-1(4)2(5)6;;;;/h1-4H2;2*(H,3,4)(H,5,6);;;;/q;;;4*+1/p-4. The van der Waals surface area contributed by atoms with Crippen LogP contribution in [-0.2, 0) is 19.2 Å². The monoisotopic (exact) mass is 328 g/mol. The number of rotatable bonds is 1. The Labute approximate surface area is 203 Å². The van der Waals surface area contributed by atoms with Crippen molar-refractivity contribution in [2.24, 2.45) is 11.5 Å². The minimum absolute atomic E-state index is 0. The molecule has 0 aliphatic carbocycles. The van der Waals surface area contributed by atoms with E-state index in [1.165, 1.54) is 0 Å². The first-order valence-corrected chi connectivity index (χ1v) is 3.45. The zero-order valence-electron chi connectivity index (χ0n) is 11.8. The van der Waals surface area contributed by atoms with Crippen LogP contribution < -0.4 is 150 Å². The van der Waals surface area contributed by atoms with E-state index in [-0.39, 0.29) is 118 Å². The first-order chi connectivity index (χ1) is 7.20. The van der Waals surface area contributed by atoms with Gasteiger partial charge < -0.3 is 51.1 Å². The van der Waals surface area contributed by atoms with E-state index >= 15 is 0 Å². The molecule has 14 heteroatoms. The largest absolute Gasteiger partial charge is 1.00 e. The number of hydrogen-bond acceptors (Lipinski definition) is 10. The molecule has 0 unspecified atom stereocenters. The maximum Gasteiger partial charge on any atom is 1.00 e. The summed E-state index contributed by atoms with van der Waals surface area (Å²) in [5, 5.41) is 35.7. The Hall–Kier alpha value is 1.80. The van der Waals surface area contributed by atoms with E-state index in [1.54, 1.807) is 0 Å². The van der Waals surface area contributed by atoms with Crippen molar-refractivity contribution >= 4 is 23.9 Å². The third-order valence-corrected chi connectivity index (χ3v) is 0.500. The topological polar surface area (TPSA) is 213 Å². The molecule has 0 aliphatic rings. The second-order valence-corrected chi connectivity index (χ2v) is 1.73. The van der Waals surface area contributed by atoms with Crippen LogP contribution in [0.2, 0.25) is 0 Å². The predicted molar refractivity (Wildman–Crippen MR) is 38.1 cm³/mol. The fourth-order valence-electron chi connectivity index (χ4n) is 0. The zero-order valence-corrected chi connectivity index (χ0v) is 19.8. The van der Waals surface area contributed by atoms with Gasteiger partial charge in [0, 0.05) is 13.1 Å². The molecule has 4 N–H and O–H groups in total. The van der Waals surface area contributed by atoms with Crippen molar-refractivity contribution in [1.82, 2.24) is 0 Å². The Morgan fingerprint density at radius 1 is 0.550 bits per heavy atom. The second kappa shape index (κ2) is 32.7. The number of carbonyl (C=O) groups excluding carboxylic acids is 4. The first kappa shape index (κ1) is 43.1. The summed E-state index contributed by atoms with van der Waals surface area (Å²) in [6.45, 7) is 1.19. The fourth-order valence-corrected chi connectivity index (χ4v) is 0. The number of carbonyl (C=O) groups is 4. The van der Waals surface area contributed by atoms with Gasteiger partial charge in [-0.2, -0.15) is 0 Å². The number of hydrogen-bond donors (Lipinski definition) is 2. The molecule has 0 rings (SSSR count). The normalized spacial score (nSPS) is 5.90. The van der Waals surface area contributed by atoms with Crippen LogP contribution in [0.4, 0.5) is 0 Å². The Kier molecular flexibility index (Phi) is 70.3. The number of carboxylic acid groups (broad SMARTS) is 4. The number of nitrogens with two attached hydrogens (primary N) is 2. The molecule has 0 aromatic heterocycles. The Morgan fingerprint density at radius 3 is 0.650 bits per heavy atom. The number of carboxylic acids is 4. The predicted octanol–water partition coefficient (Wildman–Crippen LogP) is -20.1. The van der Waals surface area contributed by atoms with Crippen LogP contribution in [-0.4, -0.2) is 37.0 Å². The van der Waals surface area contributed by atoms with Crippen molar-refractivity contribution in [3.05, 3.63) is 0 Å². The van der Waals surface area contributed by atoms with Gasteiger partial charge in [-0.3, -0.25) is 0 Å². The molecule has 0 spiro atoms. The maximum absolute atomic E-state index is 8.93. The van der Waals surface area contributed by atoms with Gasteiger partial charge in [0.15, 0.2) is 0 Å². The van der Waals surface area contributed by atoms with Crippen molar-refractivity contribution in [3.63, 3.8) is 0 Å². The zero-order chi connectivity index (χ0) is 13.7. The third-order valence-electron chi connectivity index (χ3n) is 0.500. The van der Waals surface area contributed by atoms with E-state index in [0.717, 1.165) is 0 Å². The Balaban J connectivity index is -0.0000000234. The van der Waals surface area contributed by atoms with Gasteiger partial charge >= 0.3 is 118 Å². The average molecular weight is 328 g/mol. The smallest absolute Gasteiger partial charge is 0.543 e. The first-order valence-electron chi connectivity index (χ1n) is 3.45. The van der Waals surface area contributed by atoms with Gasteiger partial charge in [0.05, 0.1) is 23.9 Å². The second-order valence-electron chi connectivity index (χ2n) is 1.73. The summed E-state index contributed by atoms with van der Waals surface area (Å²) in [7, 11) is 0. The molecule has 20 heavy (non-hydrogen) atoms. The molecule has 0 atom stereocenters. The molecule has 10 nitrogen and oxygen atoms in total. The maximum atomic E-state index is 8.93. The molecule has 0 bridgehead atoms. The van der Waals surface area contributed by atoms with Gasteiger partial charge in [-0.25, -0.2) is 0 Å². The summed E-state index contributed by atoms with van der Waals surface area (Å²) in [6, 6.07) is 0. The van der Waals surface area contributed by atoms with Crippen molar-refractivity contribution in [2.75, 3.05) is 13.1 Å². The molecule has 0 fully saturated rings.